The highest BCUT2D eigenvalue weighted by atomic mass is 19.3. The molecule has 0 bridgehead atoms. The van der Waals surface area contributed by atoms with E-state index in [2.05, 4.69) is 0 Å². The molecule has 0 spiro atoms. The molecule has 3 nitrogen and oxygen atoms in total. The van der Waals surface area contributed by atoms with Gasteiger partial charge in [-0.1, -0.05) is 0 Å². The second kappa shape index (κ2) is 5.09. The summed E-state index contributed by atoms with van der Waals surface area (Å²) >= 11 is 0. The molecule has 2 aromatic rings. The van der Waals surface area contributed by atoms with Gasteiger partial charge >= 0.3 is 0 Å². The molecule has 1 amide bonds. The Labute approximate surface area is 119 Å². The average molecular weight is 296 g/mol. The van der Waals surface area contributed by atoms with Gasteiger partial charge in [0.1, 0.15) is 12.4 Å². The number of hydrogen-bond acceptors (Lipinski definition) is 1. The first-order valence-electron chi connectivity index (χ1n) is 6.85. The van der Waals surface area contributed by atoms with Crippen LogP contribution < -0.4 is 0 Å². The predicted octanol–water partition coefficient (Wildman–Crippen LogP) is 3.04. The first-order valence-corrected chi connectivity index (χ1v) is 6.85. The highest BCUT2D eigenvalue weighted by molar-refractivity contribution is 5.83. The molecule has 6 heteroatoms. The Balaban J connectivity index is 1.78. The zero-order valence-electron chi connectivity index (χ0n) is 11.4. The van der Waals surface area contributed by atoms with Crippen LogP contribution in [-0.2, 0) is 11.3 Å². The molecule has 1 aromatic carbocycles. The summed E-state index contributed by atoms with van der Waals surface area (Å²) in [7, 11) is 0. The lowest BCUT2D eigenvalue weighted by atomic mass is 10.1. The molecule has 2 heterocycles. The van der Waals surface area contributed by atoms with Gasteiger partial charge in [0.2, 0.25) is 5.91 Å². The number of fused-ring (bicyclic) bond motifs is 1. The summed E-state index contributed by atoms with van der Waals surface area (Å²) in [6, 6.07) is 6.08. The quantitative estimate of drug-likeness (QED) is 0.836. The van der Waals surface area contributed by atoms with E-state index in [4.69, 9.17) is 0 Å². The molecule has 112 valence electrons. The van der Waals surface area contributed by atoms with Crippen LogP contribution in [0.4, 0.5) is 13.2 Å². The van der Waals surface area contributed by atoms with Crippen molar-refractivity contribution in [2.45, 2.75) is 25.3 Å². The smallest absolute Gasteiger partial charge is 0.265 e. The first kappa shape index (κ1) is 14.0. The number of piperidine rings is 1. The number of benzene rings is 1. The van der Waals surface area contributed by atoms with E-state index in [-0.39, 0.29) is 24.7 Å². The number of hydrogen-bond donors (Lipinski definition) is 0. The maximum absolute atomic E-state index is 13.3. The number of likely N-dealkylation sites (tertiary alicyclic amines) is 1. The van der Waals surface area contributed by atoms with Crippen LogP contribution in [0.5, 0.6) is 0 Å². The molecule has 0 aliphatic carbocycles. The van der Waals surface area contributed by atoms with E-state index < -0.39 is 12.5 Å². The monoisotopic (exact) mass is 296 g/mol. The molecule has 3 rings (SSSR count). The van der Waals surface area contributed by atoms with E-state index in [0.29, 0.717) is 18.5 Å². The van der Waals surface area contributed by atoms with E-state index in [1.54, 1.807) is 22.9 Å². The number of rotatable bonds is 2. The number of halogens is 3. The number of carbonyl (C=O) groups is 1. The average Bonchev–Trinajstić information content (AvgIpc) is 2.80. The molecule has 1 saturated heterocycles. The van der Waals surface area contributed by atoms with Crippen LogP contribution in [0.2, 0.25) is 0 Å². The molecule has 21 heavy (non-hydrogen) atoms. The minimum Gasteiger partial charge on any atom is -0.338 e. The molecule has 0 radical (unpaired) electrons. The molecule has 0 atom stereocenters. The summed E-state index contributed by atoms with van der Waals surface area (Å²) in [6.45, 7) is -0.232. The highest BCUT2D eigenvalue weighted by Crippen LogP contribution is 2.27. The second-order valence-electron chi connectivity index (χ2n) is 5.42. The first-order chi connectivity index (χ1) is 9.94. The Hall–Kier alpha value is -1.98. The van der Waals surface area contributed by atoms with Crippen LogP contribution in [0.3, 0.4) is 0 Å². The lowest BCUT2D eigenvalue weighted by molar-refractivity contribution is -0.142. The van der Waals surface area contributed by atoms with Gasteiger partial charge < -0.3 is 9.47 Å². The van der Waals surface area contributed by atoms with Crippen molar-refractivity contribution in [1.29, 1.82) is 0 Å². The maximum atomic E-state index is 13.3. The van der Waals surface area contributed by atoms with Gasteiger partial charge in [0, 0.05) is 19.2 Å². The number of carbonyl (C=O) groups excluding carboxylic acids is 1. The second-order valence-corrected chi connectivity index (χ2v) is 5.42. The van der Waals surface area contributed by atoms with Crippen LogP contribution in [0.1, 0.15) is 12.8 Å². The zero-order valence-corrected chi connectivity index (χ0v) is 11.4. The van der Waals surface area contributed by atoms with Gasteiger partial charge in [-0.15, -0.1) is 0 Å². The van der Waals surface area contributed by atoms with Crippen molar-refractivity contribution in [3.8, 4) is 0 Å². The Morgan fingerprint density at radius 2 is 2.10 bits per heavy atom. The van der Waals surface area contributed by atoms with Crippen molar-refractivity contribution in [1.82, 2.24) is 9.47 Å². The Kier molecular flexibility index (Phi) is 3.39. The zero-order chi connectivity index (χ0) is 15.0. The van der Waals surface area contributed by atoms with Gasteiger partial charge in [-0.25, -0.2) is 13.2 Å². The van der Waals surface area contributed by atoms with Gasteiger partial charge in [-0.05, 0) is 36.1 Å². The molecule has 1 aromatic heterocycles. The van der Waals surface area contributed by atoms with Crippen LogP contribution in [-0.4, -0.2) is 34.4 Å². The summed E-state index contributed by atoms with van der Waals surface area (Å²) in [5.74, 6) is -3.56. The van der Waals surface area contributed by atoms with Gasteiger partial charge in [0.25, 0.3) is 5.92 Å². The highest BCUT2D eigenvalue weighted by Gasteiger charge is 2.36. The van der Waals surface area contributed by atoms with Crippen LogP contribution in [0.25, 0.3) is 10.9 Å². The number of amides is 1. The molecule has 0 saturated carbocycles. The molecular weight excluding hydrogens is 281 g/mol. The van der Waals surface area contributed by atoms with Crippen molar-refractivity contribution in [2.75, 3.05) is 13.1 Å². The standard InChI is InChI=1S/C15H15F3N2O/c16-12-3-2-11-4-7-19(13(11)8-12)9-14(21)20-6-1-5-15(17,18)10-20/h2-4,7-8H,1,5-6,9-10H2. The Morgan fingerprint density at radius 3 is 2.86 bits per heavy atom. The molecule has 0 N–H and O–H groups in total. The fraction of sp³-hybridized carbons (Fsp3) is 0.400. The van der Waals surface area contributed by atoms with Crippen molar-refractivity contribution >= 4 is 16.8 Å². The van der Waals surface area contributed by atoms with Crippen molar-refractivity contribution in [2.24, 2.45) is 0 Å². The summed E-state index contributed by atoms with van der Waals surface area (Å²) in [4.78, 5) is 13.3. The molecule has 1 fully saturated rings. The maximum Gasteiger partial charge on any atom is 0.265 e. The third-order valence-electron chi connectivity index (χ3n) is 3.79. The lowest BCUT2D eigenvalue weighted by Crippen LogP contribution is -2.46. The summed E-state index contributed by atoms with van der Waals surface area (Å²) in [5, 5.41) is 0.813. The Morgan fingerprint density at radius 1 is 1.29 bits per heavy atom. The minimum atomic E-state index is -2.81. The van der Waals surface area contributed by atoms with E-state index in [1.165, 1.54) is 17.0 Å². The Bertz CT molecular complexity index is 681. The SMILES string of the molecule is O=C(Cn1ccc2ccc(F)cc21)N1CCCC(F)(F)C1. The molecular formula is C15H15F3N2O. The summed E-state index contributed by atoms with van der Waals surface area (Å²) in [6.07, 6.45) is 1.80. The van der Waals surface area contributed by atoms with Gasteiger partial charge in [0.05, 0.1) is 12.1 Å². The predicted molar refractivity (Wildman–Crippen MR) is 72.7 cm³/mol. The largest absolute Gasteiger partial charge is 0.338 e. The third-order valence-corrected chi connectivity index (χ3v) is 3.79. The third kappa shape index (κ3) is 2.89. The van der Waals surface area contributed by atoms with Crippen LogP contribution in [0.15, 0.2) is 30.5 Å². The van der Waals surface area contributed by atoms with Crippen LogP contribution >= 0.6 is 0 Å². The number of alkyl halides is 2. The molecule has 0 unspecified atom stereocenters. The van der Waals surface area contributed by atoms with Gasteiger partial charge in [-0.3, -0.25) is 4.79 Å². The normalized spacial score (nSPS) is 18.1. The summed E-state index contributed by atoms with van der Waals surface area (Å²) in [5.41, 5.74) is 0.590. The van der Waals surface area contributed by atoms with E-state index >= 15 is 0 Å². The number of nitrogens with zero attached hydrogens (tertiary/aromatic N) is 2. The topological polar surface area (TPSA) is 25.2 Å². The minimum absolute atomic E-state index is 0.0525. The van der Waals surface area contributed by atoms with Crippen molar-refractivity contribution in [3.63, 3.8) is 0 Å². The van der Waals surface area contributed by atoms with Crippen molar-refractivity contribution in [3.05, 3.63) is 36.3 Å². The molecule has 1 aliphatic heterocycles. The van der Waals surface area contributed by atoms with Crippen LogP contribution in [0, 0.1) is 5.82 Å². The number of aromatic nitrogens is 1. The molecule has 1 aliphatic rings. The fourth-order valence-corrected chi connectivity index (χ4v) is 2.72. The van der Waals surface area contributed by atoms with E-state index in [0.717, 1.165) is 5.39 Å². The summed E-state index contributed by atoms with van der Waals surface area (Å²) < 4.78 is 41.6. The van der Waals surface area contributed by atoms with Gasteiger partial charge in [0.15, 0.2) is 0 Å². The van der Waals surface area contributed by atoms with Gasteiger partial charge in [-0.2, -0.15) is 0 Å². The lowest BCUT2D eigenvalue weighted by Gasteiger charge is -2.32. The van der Waals surface area contributed by atoms with E-state index in [9.17, 15) is 18.0 Å². The van der Waals surface area contributed by atoms with Crippen molar-refractivity contribution < 1.29 is 18.0 Å². The fourth-order valence-electron chi connectivity index (χ4n) is 2.72. The van der Waals surface area contributed by atoms with E-state index in [1.807, 2.05) is 0 Å².